The highest BCUT2D eigenvalue weighted by molar-refractivity contribution is 9.10. The van der Waals surface area contributed by atoms with E-state index >= 15 is 0 Å². The smallest absolute Gasteiger partial charge is 0.251 e. The van der Waals surface area contributed by atoms with Crippen molar-refractivity contribution in [1.29, 1.82) is 0 Å². The number of benzene rings is 2. The van der Waals surface area contributed by atoms with Gasteiger partial charge in [-0.25, -0.2) is 0 Å². The first-order chi connectivity index (χ1) is 10.6. The van der Waals surface area contributed by atoms with E-state index in [-0.39, 0.29) is 18.4 Å². The molecule has 3 rings (SSSR count). The number of hydrogen-bond donors (Lipinski definition) is 1. The summed E-state index contributed by atoms with van der Waals surface area (Å²) in [5.41, 5.74) is 2.29. The Balaban J connectivity index is 1.83. The van der Waals surface area contributed by atoms with Crippen LogP contribution in [0.4, 0.5) is 11.4 Å². The first kappa shape index (κ1) is 14.5. The number of nitrogens with one attached hydrogen (secondary N) is 1. The molecule has 0 fully saturated rings. The Bertz CT molecular complexity index is 754. The Labute approximate surface area is 136 Å². The first-order valence-corrected chi connectivity index (χ1v) is 7.57. The molecule has 0 unspecified atom stereocenters. The molecule has 110 valence electrons. The van der Waals surface area contributed by atoms with E-state index < -0.39 is 0 Å². The van der Waals surface area contributed by atoms with Crippen LogP contribution in [-0.4, -0.2) is 18.4 Å². The Hall–Kier alpha value is -2.40. The quantitative estimate of drug-likeness (QED) is 0.837. The van der Waals surface area contributed by atoms with E-state index in [1.165, 1.54) is 11.0 Å². The minimum absolute atomic E-state index is 0.0283. The summed E-state index contributed by atoms with van der Waals surface area (Å²) in [6.45, 7) is 0.0283. The molecule has 0 atom stereocenters. The number of carbonyl (C=O) groups excluding carboxylic acids is 2. The lowest BCUT2D eigenvalue weighted by Gasteiger charge is -2.28. The first-order valence-electron chi connectivity index (χ1n) is 6.77. The minimum atomic E-state index is -0.217. The molecule has 22 heavy (non-hydrogen) atoms. The van der Waals surface area contributed by atoms with Gasteiger partial charge in [-0.1, -0.05) is 40.2 Å². The highest BCUT2D eigenvalue weighted by atomic mass is 79.9. The third-order valence-electron chi connectivity index (χ3n) is 3.33. The van der Waals surface area contributed by atoms with Gasteiger partial charge in [0.25, 0.3) is 5.91 Å². The van der Waals surface area contributed by atoms with Gasteiger partial charge in [0, 0.05) is 10.5 Å². The van der Waals surface area contributed by atoms with Crippen LogP contribution in [0.3, 0.4) is 0 Å². The number of rotatable bonds is 2. The summed E-state index contributed by atoms with van der Waals surface area (Å²) < 4.78 is 0.984. The maximum absolute atomic E-state index is 12.4. The number of halogens is 1. The highest BCUT2D eigenvalue weighted by Crippen LogP contribution is 2.29. The molecular weight excluding hydrogens is 344 g/mol. The zero-order chi connectivity index (χ0) is 15.5. The molecule has 0 bridgehead atoms. The van der Waals surface area contributed by atoms with Crippen molar-refractivity contribution in [2.75, 3.05) is 16.8 Å². The second kappa shape index (κ2) is 6.15. The van der Waals surface area contributed by atoms with Crippen molar-refractivity contribution in [2.45, 2.75) is 0 Å². The maximum Gasteiger partial charge on any atom is 0.251 e. The van der Waals surface area contributed by atoms with Crippen LogP contribution < -0.4 is 10.2 Å². The third kappa shape index (κ3) is 3.09. The van der Waals surface area contributed by atoms with E-state index in [1.54, 1.807) is 12.1 Å². The second-order valence-electron chi connectivity index (χ2n) is 4.87. The van der Waals surface area contributed by atoms with Gasteiger partial charge in [-0.15, -0.1) is 0 Å². The molecule has 0 aliphatic carbocycles. The third-order valence-corrected chi connectivity index (χ3v) is 3.85. The van der Waals surface area contributed by atoms with Crippen molar-refractivity contribution in [3.8, 4) is 0 Å². The molecule has 2 aromatic carbocycles. The zero-order valence-electron chi connectivity index (χ0n) is 11.6. The van der Waals surface area contributed by atoms with Gasteiger partial charge in [-0.2, -0.15) is 0 Å². The molecule has 4 nitrogen and oxygen atoms in total. The monoisotopic (exact) mass is 356 g/mol. The van der Waals surface area contributed by atoms with Crippen LogP contribution in [-0.2, 0) is 9.59 Å². The molecule has 2 aromatic rings. The molecule has 0 radical (unpaired) electrons. The number of nitrogens with zero attached hydrogens (tertiary/aromatic N) is 1. The number of anilines is 2. The van der Waals surface area contributed by atoms with E-state index in [0.717, 1.165) is 10.0 Å². The second-order valence-corrected chi connectivity index (χ2v) is 5.79. The fourth-order valence-corrected chi connectivity index (χ4v) is 2.53. The Kier molecular flexibility index (Phi) is 4.06. The van der Waals surface area contributed by atoms with Crippen LogP contribution in [0.15, 0.2) is 59.1 Å². The van der Waals surface area contributed by atoms with Crippen LogP contribution in [0.2, 0.25) is 0 Å². The molecule has 1 aliphatic heterocycles. The topological polar surface area (TPSA) is 49.4 Å². The lowest BCUT2D eigenvalue weighted by molar-refractivity contribution is -0.119. The average Bonchev–Trinajstić information content (AvgIpc) is 2.53. The van der Waals surface area contributed by atoms with Crippen molar-refractivity contribution >= 4 is 45.2 Å². The van der Waals surface area contributed by atoms with Gasteiger partial charge in [0.05, 0.1) is 11.4 Å². The molecule has 0 aromatic heterocycles. The van der Waals surface area contributed by atoms with Crippen molar-refractivity contribution in [1.82, 2.24) is 0 Å². The number of para-hydroxylation sites is 2. The van der Waals surface area contributed by atoms with Gasteiger partial charge in [0.2, 0.25) is 5.91 Å². The van der Waals surface area contributed by atoms with Crippen LogP contribution in [0.25, 0.3) is 6.08 Å². The molecule has 0 saturated heterocycles. The number of amides is 2. The molecule has 0 saturated carbocycles. The van der Waals surface area contributed by atoms with Crippen molar-refractivity contribution in [3.05, 3.63) is 64.6 Å². The average molecular weight is 357 g/mol. The lowest BCUT2D eigenvalue weighted by atomic mass is 10.1. The lowest BCUT2D eigenvalue weighted by Crippen LogP contribution is -2.41. The Morgan fingerprint density at radius 3 is 2.64 bits per heavy atom. The van der Waals surface area contributed by atoms with Gasteiger partial charge in [-0.05, 0) is 35.9 Å². The SMILES string of the molecule is O=C1CN(C(=O)/C=C/c2ccc(Br)cc2)c2ccccc2N1. The summed E-state index contributed by atoms with van der Waals surface area (Å²) in [4.78, 5) is 25.6. The van der Waals surface area contributed by atoms with Gasteiger partial charge in [0.1, 0.15) is 6.54 Å². The fraction of sp³-hybridized carbons (Fsp3) is 0.0588. The van der Waals surface area contributed by atoms with Crippen LogP contribution in [0.1, 0.15) is 5.56 Å². The summed E-state index contributed by atoms with van der Waals surface area (Å²) in [6, 6.07) is 14.9. The molecule has 1 N–H and O–H groups in total. The summed E-state index contributed by atoms with van der Waals surface area (Å²) in [7, 11) is 0. The number of carbonyl (C=O) groups is 2. The fourth-order valence-electron chi connectivity index (χ4n) is 2.26. The van der Waals surface area contributed by atoms with E-state index in [2.05, 4.69) is 21.2 Å². The van der Waals surface area contributed by atoms with Crippen LogP contribution >= 0.6 is 15.9 Å². The van der Waals surface area contributed by atoms with Crippen molar-refractivity contribution < 1.29 is 9.59 Å². The van der Waals surface area contributed by atoms with Crippen LogP contribution in [0, 0.1) is 0 Å². The molecular formula is C17H13BrN2O2. The van der Waals surface area contributed by atoms with Crippen molar-refractivity contribution in [3.63, 3.8) is 0 Å². The molecule has 1 aliphatic rings. The Morgan fingerprint density at radius 1 is 1.14 bits per heavy atom. The summed E-state index contributed by atoms with van der Waals surface area (Å²) >= 11 is 3.37. The standard InChI is InChI=1S/C17H13BrN2O2/c18-13-8-5-12(6-9-13)7-10-17(22)20-11-16(21)19-14-3-1-2-4-15(14)20/h1-10H,11H2,(H,19,21)/b10-7+. The predicted molar refractivity (Wildman–Crippen MR) is 90.6 cm³/mol. The van der Waals surface area contributed by atoms with E-state index in [4.69, 9.17) is 0 Å². The molecule has 5 heteroatoms. The number of fused-ring (bicyclic) bond motifs is 1. The van der Waals surface area contributed by atoms with Gasteiger partial charge in [-0.3, -0.25) is 14.5 Å². The van der Waals surface area contributed by atoms with Gasteiger partial charge < -0.3 is 5.32 Å². The molecule has 0 spiro atoms. The highest BCUT2D eigenvalue weighted by Gasteiger charge is 2.24. The largest absolute Gasteiger partial charge is 0.323 e. The van der Waals surface area contributed by atoms with E-state index in [1.807, 2.05) is 42.5 Å². The van der Waals surface area contributed by atoms with E-state index in [0.29, 0.717) is 11.4 Å². The predicted octanol–water partition coefficient (Wildman–Crippen LogP) is 3.45. The molecule has 1 heterocycles. The summed E-state index contributed by atoms with van der Waals surface area (Å²) in [6.07, 6.45) is 3.22. The maximum atomic E-state index is 12.4. The Morgan fingerprint density at radius 2 is 1.86 bits per heavy atom. The van der Waals surface area contributed by atoms with E-state index in [9.17, 15) is 9.59 Å². The van der Waals surface area contributed by atoms with Gasteiger partial charge >= 0.3 is 0 Å². The van der Waals surface area contributed by atoms with Gasteiger partial charge in [0.15, 0.2) is 0 Å². The zero-order valence-corrected chi connectivity index (χ0v) is 13.2. The number of hydrogen-bond acceptors (Lipinski definition) is 2. The van der Waals surface area contributed by atoms with Crippen molar-refractivity contribution in [2.24, 2.45) is 0 Å². The summed E-state index contributed by atoms with van der Waals surface area (Å²) in [5.74, 6) is -0.408. The summed E-state index contributed by atoms with van der Waals surface area (Å²) in [5, 5.41) is 2.76. The van der Waals surface area contributed by atoms with Crippen LogP contribution in [0.5, 0.6) is 0 Å². The normalized spacial score (nSPS) is 13.9. The molecule has 2 amide bonds. The minimum Gasteiger partial charge on any atom is -0.323 e.